The Labute approximate surface area is 100 Å². The van der Waals surface area contributed by atoms with E-state index in [0.717, 1.165) is 32.1 Å². The molecule has 0 bridgehead atoms. The predicted octanol–water partition coefficient (Wildman–Crippen LogP) is 3.66. The van der Waals surface area contributed by atoms with Crippen LogP contribution in [-0.4, -0.2) is 5.91 Å². The summed E-state index contributed by atoms with van der Waals surface area (Å²) in [5, 5.41) is 0. The fourth-order valence-corrected chi connectivity index (χ4v) is 2.32. The summed E-state index contributed by atoms with van der Waals surface area (Å²) >= 11 is 0. The first-order valence-corrected chi connectivity index (χ1v) is 6.43. The number of primary amides is 1. The fraction of sp³-hybridized carbons (Fsp3) is 0.786. The van der Waals surface area contributed by atoms with Gasteiger partial charge < -0.3 is 5.73 Å². The van der Waals surface area contributed by atoms with Gasteiger partial charge in [0.25, 0.3) is 0 Å². The maximum absolute atomic E-state index is 11.5. The van der Waals surface area contributed by atoms with E-state index in [-0.39, 0.29) is 11.3 Å². The molecule has 0 spiro atoms. The topological polar surface area (TPSA) is 43.1 Å². The van der Waals surface area contributed by atoms with Crippen LogP contribution in [0.4, 0.5) is 0 Å². The van der Waals surface area contributed by atoms with Crippen molar-refractivity contribution in [2.75, 3.05) is 0 Å². The van der Waals surface area contributed by atoms with E-state index in [1.54, 1.807) is 0 Å². The van der Waals surface area contributed by atoms with Crippen LogP contribution < -0.4 is 5.73 Å². The largest absolute Gasteiger partial charge is 0.369 e. The van der Waals surface area contributed by atoms with Crippen LogP contribution in [0.3, 0.4) is 0 Å². The number of carbonyl (C=O) groups excluding carboxylic acids is 1. The van der Waals surface area contributed by atoms with Crippen molar-refractivity contribution >= 4 is 5.91 Å². The van der Waals surface area contributed by atoms with Crippen molar-refractivity contribution in [1.29, 1.82) is 0 Å². The lowest BCUT2D eigenvalue weighted by molar-refractivity contribution is -0.130. The minimum atomic E-state index is -0.330. The maximum atomic E-state index is 11.5. The lowest BCUT2D eigenvalue weighted by atomic mass is 9.71. The lowest BCUT2D eigenvalue weighted by Gasteiger charge is -2.33. The van der Waals surface area contributed by atoms with Crippen LogP contribution in [0, 0.1) is 11.3 Å². The summed E-state index contributed by atoms with van der Waals surface area (Å²) in [6.07, 6.45) is 8.30. The first kappa shape index (κ1) is 15.2. The van der Waals surface area contributed by atoms with Crippen LogP contribution in [0.15, 0.2) is 12.7 Å². The highest BCUT2D eigenvalue weighted by Crippen LogP contribution is 2.36. The monoisotopic (exact) mass is 225 g/mol. The molecule has 0 saturated carbocycles. The van der Waals surface area contributed by atoms with Crippen LogP contribution >= 0.6 is 0 Å². The molecular formula is C14H27NO. The Morgan fingerprint density at radius 1 is 1.44 bits per heavy atom. The van der Waals surface area contributed by atoms with Crippen molar-refractivity contribution in [1.82, 2.24) is 0 Å². The third kappa shape index (κ3) is 3.99. The zero-order chi connectivity index (χ0) is 12.6. The third-order valence-corrected chi connectivity index (χ3v) is 3.90. The second-order valence-electron chi connectivity index (χ2n) is 4.81. The van der Waals surface area contributed by atoms with E-state index in [1.165, 1.54) is 6.42 Å². The van der Waals surface area contributed by atoms with Crippen LogP contribution in [-0.2, 0) is 4.79 Å². The molecule has 2 heteroatoms. The van der Waals surface area contributed by atoms with Gasteiger partial charge in [0.1, 0.15) is 0 Å². The van der Waals surface area contributed by atoms with Crippen LogP contribution in [0.25, 0.3) is 0 Å². The lowest BCUT2D eigenvalue weighted by Crippen LogP contribution is -2.40. The van der Waals surface area contributed by atoms with Gasteiger partial charge in [-0.15, -0.1) is 6.58 Å². The smallest absolute Gasteiger partial charge is 0.223 e. The molecule has 0 aromatic rings. The zero-order valence-corrected chi connectivity index (χ0v) is 11.1. The zero-order valence-electron chi connectivity index (χ0n) is 11.1. The van der Waals surface area contributed by atoms with Gasteiger partial charge in [-0.3, -0.25) is 4.79 Å². The molecule has 0 aliphatic rings. The van der Waals surface area contributed by atoms with Gasteiger partial charge >= 0.3 is 0 Å². The van der Waals surface area contributed by atoms with E-state index in [9.17, 15) is 4.79 Å². The Hall–Kier alpha value is -0.790. The molecule has 0 saturated heterocycles. The van der Waals surface area contributed by atoms with E-state index in [4.69, 9.17) is 5.73 Å². The molecule has 94 valence electrons. The van der Waals surface area contributed by atoms with Gasteiger partial charge in [-0.2, -0.15) is 0 Å². The summed E-state index contributed by atoms with van der Waals surface area (Å²) in [6, 6.07) is 0. The van der Waals surface area contributed by atoms with Gasteiger partial charge in [-0.05, 0) is 31.6 Å². The molecule has 0 aromatic carbocycles. The SMILES string of the molecule is C=CCCCCC(CC)C(C)(CC)C(N)=O. The summed E-state index contributed by atoms with van der Waals surface area (Å²) in [7, 11) is 0. The quantitative estimate of drug-likeness (QED) is 0.472. The maximum Gasteiger partial charge on any atom is 0.223 e. The van der Waals surface area contributed by atoms with Gasteiger partial charge in [0.15, 0.2) is 0 Å². The summed E-state index contributed by atoms with van der Waals surface area (Å²) < 4.78 is 0. The second-order valence-corrected chi connectivity index (χ2v) is 4.81. The Morgan fingerprint density at radius 3 is 2.44 bits per heavy atom. The van der Waals surface area contributed by atoms with Gasteiger partial charge in [0.05, 0.1) is 0 Å². The number of hydrogen-bond donors (Lipinski definition) is 1. The Kier molecular flexibility index (Phi) is 7.11. The van der Waals surface area contributed by atoms with E-state index in [1.807, 2.05) is 13.0 Å². The predicted molar refractivity (Wildman–Crippen MR) is 70.0 cm³/mol. The van der Waals surface area contributed by atoms with Crippen molar-refractivity contribution in [2.24, 2.45) is 17.1 Å². The highest BCUT2D eigenvalue weighted by molar-refractivity contribution is 5.80. The Morgan fingerprint density at radius 2 is 2.06 bits per heavy atom. The molecule has 0 rings (SSSR count). The van der Waals surface area contributed by atoms with E-state index in [0.29, 0.717) is 5.92 Å². The number of nitrogens with two attached hydrogens (primary N) is 1. The summed E-state index contributed by atoms with van der Waals surface area (Å²) in [6.45, 7) is 9.93. The van der Waals surface area contributed by atoms with Gasteiger partial charge in [0.2, 0.25) is 5.91 Å². The Bertz CT molecular complexity index is 225. The van der Waals surface area contributed by atoms with Crippen molar-refractivity contribution < 1.29 is 4.79 Å². The molecule has 0 aliphatic carbocycles. The van der Waals surface area contributed by atoms with Crippen molar-refractivity contribution in [2.45, 2.75) is 59.3 Å². The molecule has 0 aromatic heterocycles. The van der Waals surface area contributed by atoms with E-state index >= 15 is 0 Å². The highest BCUT2D eigenvalue weighted by Gasteiger charge is 2.36. The van der Waals surface area contributed by atoms with Crippen molar-refractivity contribution in [3.63, 3.8) is 0 Å². The second kappa shape index (κ2) is 7.48. The summed E-state index contributed by atoms with van der Waals surface area (Å²) in [5.41, 5.74) is 5.20. The fourth-order valence-electron chi connectivity index (χ4n) is 2.32. The molecular weight excluding hydrogens is 198 g/mol. The summed E-state index contributed by atoms with van der Waals surface area (Å²) in [4.78, 5) is 11.5. The van der Waals surface area contributed by atoms with E-state index < -0.39 is 0 Å². The third-order valence-electron chi connectivity index (χ3n) is 3.90. The van der Waals surface area contributed by atoms with Gasteiger partial charge in [-0.1, -0.05) is 39.7 Å². The minimum Gasteiger partial charge on any atom is -0.369 e. The van der Waals surface area contributed by atoms with Crippen LogP contribution in [0.2, 0.25) is 0 Å². The van der Waals surface area contributed by atoms with Crippen molar-refractivity contribution in [3.05, 3.63) is 12.7 Å². The first-order valence-electron chi connectivity index (χ1n) is 6.43. The number of carbonyl (C=O) groups is 1. The molecule has 0 aliphatic heterocycles. The highest BCUT2D eigenvalue weighted by atomic mass is 16.1. The average Bonchev–Trinajstić information content (AvgIpc) is 2.28. The molecule has 0 fully saturated rings. The molecule has 2 nitrogen and oxygen atoms in total. The molecule has 16 heavy (non-hydrogen) atoms. The first-order chi connectivity index (χ1) is 7.52. The van der Waals surface area contributed by atoms with Crippen molar-refractivity contribution in [3.8, 4) is 0 Å². The standard InChI is InChI=1S/C14H27NO/c1-5-8-9-10-11-12(6-2)14(4,7-3)13(15)16/h5,12H,1,6-11H2,2-4H3,(H2,15,16). The molecule has 2 atom stereocenters. The average molecular weight is 225 g/mol. The number of unbranched alkanes of at least 4 members (excludes halogenated alkanes) is 2. The number of amides is 1. The summed E-state index contributed by atoms with van der Waals surface area (Å²) in [5.74, 6) is 0.269. The van der Waals surface area contributed by atoms with Crippen LogP contribution in [0.5, 0.6) is 0 Å². The van der Waals surface area contributed by atoms with Crippen LogP contribution in [0.1, 0.15) is 59.3 Å². The molecule has 0 radical (unpaired) electrons. The molecule has 2 N–H and O–H groups in total. The Balaban J connectivity index is 4.33. The molecule has 2 unspecified atom stereocenters. The molecule has 0 heterocycles. The van der Waals surface area contributed by atoms with E-state index in [2.05, 4.69) is 20.4 Å². The normalized spacial score (nSPS) is 16.4. The molecule has 1 amide bonds. The van der Waals surface area contributed by atoms with Gasteiger partial charge in [-0.25, -0.2) is 0 Å². The number of allylic oxidation sites excluding steroid dienone is 1. The number of hydrogen-bond acceptors (Lipinski definition) is 1. The van der Waals surface area contributed by atoms with Gasteiger partial charge in [0, 0.05) is 5.41 Å². The number of rotatable bonds is 9. The minimum absolute atomic E-state index is 0.148.